The van der Waals surface area contributed by atoms with Gasteiger partial charge in [0.2, 0.25) is 5.91 Å². The minimum absolute atomic E-state index is 0.0690. The molecule has 8 heteroatoms. The molecular weight excluding hydrogens is 432 g/mol. The molecule has 160 valence electrons. The Balaban J connectivity index is 1.45. The summed E-state index contributed by atoms with van der Waals surface area (Å²) in [6.45, 7) is 2.37. The maximum atomic E-state index is 13.4. The van der Waals surface area contributed by atoms with Crippen molar-refractivity contribution in [3.63, 3.8) is 0 Å². The Kier molecular flexibility index (Phi) is 6.84. The molecule has 1 fully saturated rings. The first-order valence-corrected chi connectivity index (χ1v) is 11.4. The number of carbonyl (C=O) groups excluding carboxylic acids is 2. The lowest BCUT2D eigenvalue weighted by Gasteiger charge is -2.37. The van der Waals surface area contributed by atoms with Crippen molar-refractivity contribution in [3.05, 3.63) is 81.6 Å². The third-order valence-corrected chi connectivity index (χ3v) is 6.42. The second kappa shape index (κ2) is 9.94. The van der Waals surface area contributed by atoms with Gasteiger partial charge < -0.3 is 15.1 Å². The molecule has 3 heterocycles. The molecule has 0 bridgehead atoms. The highest BCUT2D eigenvalue weighted by molar-refractivity contribution is 7.12. The molecule has 0 spiro atoms. The summed E-state index contributed by atoms with van der Waals surface area (Å²) in [6, 6.07) is 16.3. The van der Waals surface area contributed by atoms with E-state index in [2.05, 4.69) is 15.2 Å². The number of carbonyl (C=O) groups is 2. The van der Waals surface area contributed by atoms with E-state index >= 15 is 0 Å². The average molecular weight is 455 g/mol. The quantitative estimate of drug-likeness (QED) is 0.619. The summed E-state index contributed by atoms with van der Waals surface area (Å²) in [5.41, 5.74) is 1.01. The van der Waals surface area contributed by atoms with Gasteiger partial charge in [0.05, 0.1) is 9.90 Å². The van der Waals surface area contributed by atoms with Gasteiger partial charge in [-0.1, -0.05) is 48.0 Å². The number of nitrogens with one attached hydrogen (secondary N) is 1. The van der Waals surface area contributed by atoms with Gasteiger partial charge in [0, 0.05) is 38.8 Å². The number of thiophene rings is 1. The zero-order valence-corrected chi connectivity index (χ0v) is 18.5. The van der Waals surface area contributed by atoms with Crippen LogP contribution in [0.25, 0.3) is 0 Å². The van der Waals surface area contributed by atoms with Crippen LogP contribution in [0.3, 0.4) is 0 Å². The van der Waals surface area contributed by atoms with Crippen molar-refractivity contribution in [2.24, 2.45) is 0 Å². The molecule has 1 aliphatic rings. The molecule has 3 aromatic rings. The number of hydrogen-bond acceptors (Lipinski definition) is 5. The molecule has 2 aromatic heterocycles. The van der Waals surface area contributed by atoms with Crippen LogP contribution in [-0.4, -0.2) is 53.9 Å². The smallest absolute Gasteiger partial charge is 0.262 e. The van der Waals surface area contributed by atoms with E-state index in [1.165, 1.54) is 11.3 Å². The summed E-state index contributed by atoms with van der Waals surface area (Å²) in [4.78, 5) is 34.9. The number of amides is 2. The number of benzene rings is 1. The minimum atomic E-state index is -0.623. The first-order chi connectivity index (χ1) is 15.1. The van der Waals surface area contributed by atoms with Crippen LogP contribution in [0.4, 0.5) is 5.82 Å². The highest BCUT2D eigenvalue weighted by atomic mass is 35.5. The zero-order valence-electron chi connectivity index (χ0n) is 16.9. The number of aromatic nitrogens is 1. The van der Waals surface area contributed by atoms with Gasteiger partial charge in [-0.25, -0.2) is 4.98 Å². The second-order valence-corrected chi connectivity index (χ2v) is 8.67. The Morgan fingerprint density at radius 2 is 1.81 bits per heavy atom. The Labute approximate surface area is 190 Å². The Morgan fingerprint density at radius 1 is 1.03 bits per heavy atom. The molecule has 0 radical (unpaired) electrons. The Bertz CT molecular complexity index is 1020. The van der Waals surface area contributed by atoms with Crippen molar-refractivity contribution in [2.45, 2.75) is 12.5 Å². The van der Waals surface area contributed by atoms with Gasteiger partial charge in [-0.15, -0.1) is 11.3 Å². The molecule has 2 amide bonds. The number of pyridine rings is 1. The van der Waals surface area contributed by atoms with Crippen LogP contribution in [-0.2, 0) is 11.2 Å². The topological polar surface area (TPSA) is 65.5 Å². The van der Waals surface area contributed by atoms with Gasteiger partial charge in [0.1, 0.15) is 11.9 Å². The van der Waals surface area contributed by atoms with Crippen LogP contribution < -0.4 is 10.2 Å². The fraction of sp³-hybridized carbons (Fsp3) is 0.261. The summed E-state index contributed by atoms with van der Waals surface area (Å²) < 4.78 is 0. The van der Waals surface area contributed by atoms with Crippen molar-refractivity contribution in [1.82, 2.24) is 15.2 Å². The Hall–Kier alpha value is -2.90. The van der Waals surface area contributed by atoms with Crippen LogP contribution in [0.15, 0.2) is 66.2 Å². The molecular formula is C23H23ClN4O2S. The number of anilines is 1. The van der Waals surface area contributed by atoms with Crippen LogP contribution in [0.2, 0.25) is 5.02 Å². The summed E-state index contributed by atoms with van der Waals surface area (Å²) in [5.74, 6) is 0.451. The molecule has 1 unspecified atom stereocenters. The molecule has 31 heavy (non-hydrogen) atoms. The fourth-order valence-corrected chi connectivity index (χ4v) is 4.52. The van der Waals surface area contributed by atoms with Crippen molar-refractivity contribution in [2.75, 3.05) is 31.1 Å². The van der Waals surface area contributed by atoms with E-state index in [1.54, 1.807) is 18.3 Å². The van der Waals surface area contributed by atoms with Gasteiger partial charge in [-0.05, 0) is 29.1 Å². The lowest BCUT2D eigenvalue weighted by molar-refractivity contribution is -0.133. The molecule has 1 saturated heterocycles. The maximum Gasteiger partial charge on any atom is 0.262 e. The highest BCUT2D eigenvalue weighted by Crippen LogP contribution is 2.23. The monoisotopic (exact) mass is 454 g/mol. The van der Waals surface area contributed by atoms with Crippen molar-refractivity contribution < 1.29 is 9.59 Å². The number of halogens is 1. The molecule has 1 aromatic carbocycles. The average Bonchev–Trinajstić information content (AvgIpc) is 3.35. The van der Waals surface area contributed by atoms with Gasteiger partial charge in [-0.3, -0.25) is 9.59 Å². The molecule has 1 aliphatic heterocycles. The van der Waals surface area contributed by atoms with E-state index in [9.17, 15) is 9.59 Å². The van der Waals surface area contributed by atoms with Crippen molar-refractivity contribution in [3.8, 4) is 0 Å². The van der Waals surface area contributed by atoms with E-state index in [-0.39, 0.29) is 11.8 Å². The first-order valence-electron chi connectivity index (χ1n) is 10.1. The molecule has 0 aliphatic carbocycles. The standard InChI is InChI=1S/C23H23ClN4O2S/c24-18-8-4-10-25-21(18)27-11-13-28(14-12-27)23(30)19(16-17-6-2-1-3-7-17)26-22(29)20-9-5-15-31-20/h1-10,15,19H,11-14,16H2,(H,26,29). The normalized spacial score (nSPS) is 14.9. The molecule has 1 N–H and O–H groups in total. The summed E-state index contributed by atoms with van der Waals surface area (Å²) in [7, 11) is 0. The number of piperazine rings is 1. The number of rotatable bonds is 6. The maximum absolute atomic E-state index is 13.4. The lowest BCUT2D eigenvalue weighted by atomic mass is 10.0. The fourth-order valence-electron chi connectivity index (χ4n) is 3.66. The van der Waals surface area contributed by atoms with Gasteiger partial charge in [-0.2, -0.15) is 0 Å². The third-order valence-electron chi connectivity index (χ3n) is 5.26. The number of nitrogens with zero attached hydrogens (tertiary/aromatic N) is 3. The van der Waals surface area contributed by atoms with Crippen LogP contribution in [0.5, 0.6) is 0 Å². The van der Waals surface area contributed by atoms with E-state index in [1.807, 2.05) is 52.7 Å². The highest BCUT2D eigenvalue weighted by Gasteiger charge is 2.30. The minimum Gasteiger partial charge on any atom is -0.352 e. The van der Waals surface area contributed by atoms with E-state index in [0.717, 1.165) is 11.4 Å². The van der Waals surface area contributed by atoms with E-state index in [4.69, 9.17) is 11.6 Å². The van der Waals surface area contributed by atoms with E-state index < -0.39 is 6.04 Å². The van der Waals surface area contributed by atoms with Crippen molar-refractivity contribution >= 4 is 40.6 Å². The summed E-state index contributed by atoms with van der Waals surface area (Å²) >= 11 is 7.63. The van der Waals surface area contributed by atoms with Gasteiger partial charge >= 0.3 is 0 Å². The SMILES string of the molecule is O=C(NC(Cc1ccccc1)C(=O)N1CCN(c2ncccc2Cl)CC1)c1cccs1. The van der Waals surface area contributed by atoms with Crippen LogP contribution in [0, 0.1) is 0 Å². The van der Waals surface area contributed by atoms with Gasteiger partial charge in [0.25, 0.3) is 5.91 Å². The molecule has 6 nitrogen and oxygen atoms in total. The van der Waals surface area contributed by atoms with Gasteiger partial charge in [0.15, 0.2) is 0 Å². The predicted molar refractivity (Wildman–Crippen MR) is 124 cm³/mol. The Morgan fingerprint density at radius 3 is 2.48 bits per heavy atom. The van der Waals surface area contributed by atoms with Crippen LogP contribution >= 0.6 is 22.9 Å². The van der Waals surface area contributed by atoms with Crippen molar-refractivity contribution in [1.29, 1.82) is 0 Å². The summed E-state index contributed by atoms with van der Waals surface area (Å²) in [6.07, 6.45) is 2.16. The predicted octanol–water partition coefficient (Wildman–Crippen LogP) is 3.49. The first kappa shape index (κ1) is 21.3. The largest absolute Gasteiger partial charge is 0.352 e. The molecule has 1 atom stereocenters. The zero-order chi connectivity index (χ0) is 21.6. The van der Waals surface area contributed by atoms with E-state index in [0.29, 0.717) is 42.5 Å². The molecule has 0 saturated carbocycles. The molecule has 4 rings (SSSR count). The summed E-state index contributed by atoms with van der Waals surface area (Å²) in [5, 5.41) is 5.41. The second-order valence-electron chi connectivity index (χ2n) is 7.31. The third kappa shape index (κ3) is 5.24. The number of hydrogen-bond donors (Lipinski definition) is 1. The van der Waals surface area contributed by atoms with Crippen LogP contribution in [0.1, 0.15) is 15.2 Å². The lowest BCUT2D eigenvalue weighted by Crippen LogP contribution is -2.55.